The highest BCUT2D eigenvalue weighted by Gasteiger charge is 2.19. The maximum Gasteiger partial charge on any atom is 0.328 e. The Labute approximate surface area is 147 Å². The zero-order valence-corrected chi connectivity index (χ0v) is 14.3. The summed E-state index contributed by atoms with van der Waals surface area (Å²) in [5, 5.41) is 3.08. The van der Waals surface area contributed by atoms with Crippen molar-refractivity contribution >= 4 is 29.2 Å². The summed E-state index contributed by atoms with van der Waals surface area (Å²) < 4.78 is 5.98. The van der Waals surface area contributed by atoms with E-state index >= 15 is 0 Å². The lowest BCUT2D eigenvalue weighted by atomic mass is 10.2. The first-order chi connectivity index (χ1) is 11.8. The number of carbonyl (C=O) groups is 2. The molecule has 2 N–H and O–H groups in total. The van der Waals surface area contributed by atoms with E-state index < -0.39 is 35.8 Å². The molecule has 1 aromatic carbocycles. The lowest BCUT2D eigenvalue weighted by Gasteiger charge is -2.15. The number of nitrogens with zero attached hydrogens (tertiary/aromatic N) is 1. The first-order valence-corrected chi connectivity index (χ1v) is 7.70. The van der Waals surface area contributed by atoms with Crippen molar-refractivity contribution < 1.29 is 14.3 Å². The van der Waals surface area contributed by atoms with Crippen LogP contribution in [0, 0.1) is 6.92 Å². The lowest BCUT2D eigenvalue weighted by molar-refractivity contribution is -0.153. The van der Waals surface area contributed by atoms with E-state index in [2.05, 4.69) is 5.32 Å². The van der Waals surface area contributed by atoms with Crippen LogP contribution in [-0.4, -0.2) is 27.5 Å². The zero-order valence-electron chi connectivity index (χ0n) is 13.5. The molecule has 1 aromatic heterocycles. The number of anilines is 1. The molecule has 0 spiro atoms. The smallest absolute Gasteiger partial charge is 0.328 e. The Bertz CT molecular complexity index is 918. The van der Waals surface area contributed by atoms with E-state index in [-0.39, 0.29) is 0 Å². The highest BCUT2D eigenvalue weighted by atomic mass is 35.5. The topological polar surface area (TPSA) is 110 Å². The minimum atomic E-state index is -1.08. The average Bonchev–Trinajstić information content (AvgIpc) is 2.53. The number of aromatic nitrogens is 2. The second-order valence-corrected chi connectivity index (χ2v) is 5.76. The third-order valence-electron chi connectivity index (χ3n) is 3.33. The molecular formula is C16H16ClN3O5. The number of ether oxygens (including phenoxy) is 1. The highest BCUT2D eigenvalue weighted by molar-refractivity contribution is 6.31. The minimum absolute atomic E-state index is 0.427. The quantitative estimate of drug-likeness (QED) is 0.770. The summed E-state index contributed by atoms with van der Waals surface area (Å²) in [5.74, 6) is -1.33. The van der Waals surface area contributed by atoms with Gasteiger partial charge >= 0.3 is 11.7 Å². The van der Waals surface area contributed by atoms with Crippen molar-refractivity contribution in [3.05, 3.63) is 61.9 Å². The van der Waals surface area contributed by atoms with Gasteiger partial charge in [-0.3, -0.25) is 23.9 Å². The normalized spacial score (nSPS) is 11.6. The third-order valence-corrected chi connectivity index (χ3v) is 3.57. The molecule has 0 bridgehead atoms. The van der Waals surface area contributed by atoms with Crippen LogP contribution in [0.4, 0.5) is 5.69 Å². The van der Waals surface area contributed by atoms with E-state index in [4.69, 9.17) is 16.3 Å². The monoisotopic (exact) mass is 365 g/mol. The summed E-state index contributed by atoms with van der Waals surface area (Å²) in [4.78, 5) is 48.5. The molecule has 1 atom stereocenters. The minimum Gasteiger partial charge on any atom is -0.451 e. The number of carbonyl (C=O) groups excluding carboxylic acids is 2. The van der Waals surface area contributed by atoms with Crippen LogP contribution in [-0.2, 0) is 20.9 Å². The van der Waals surface area contributed by atoms with E-state index in [9.17, 15) is 19.2 Å². The molecule has 25 heavy (non-hydrogen) atoms. The van der Waals surface area contributed by atoms with Gasteiger partial charge in [0.05, 0.1) is 0 Å². The van der Waals surface area contributed by atoms with Crippen LogP contribution in [0.3, 0.4) is 0 Å². The molecule has 0 fully saturated rings. The van der Waals surface area contributed by atoms with E-state index in [1.807, 2.05) is 4.98 Å². The number of halogens is 1. The Morgan fingerprint density at radius 3 is 2.72 bits per heavy atom. The molecule has 0 aliphatic rings. The molecule has 9 heteroatoms. The van der Waals surface area contributed by atoms with Crippen LogP contribution in [0.2, 0.25) is 5.02 Å². The van der Waals surface area contributed by atoms with Gasteiger partial charge in [-0.15, -0.1) is 0 Å². The fraction of sp³-hybridized carbons (Fsp3) is 0.250. The molecule has 2 rings (SSSR count). The van der Waals surface area contributed by atoms with Gasteiger partial charge < -0.3 is 10.1 Å². The molecule has 0 aliphatic heterocycles. The fourth-order valence-electron chi connectivity index (χ4n) is 1.96. The van der Waals surface area contributed by atoms with Crippen molar-refractivity contribution in [1.82, 2.24) is 9.55 Å². The molecule has 8 nitrogen and oxygen atoms in total. The third kappa shape index (κ3) is 5.05. The molecule has 0 saturated carbocycles. The Morgan fingerprint density at radius 2 is 2.04 bits per heavy atom. The number of aryl methyl sites for hydroxylation is 1. The number of rotatable bonds is 5. The number of aromatic amines is 1. The SMILES string of the molecule is Cc1ccc(Cl)cc1NC(=O)[C@@H](C)OC(=O)Cn1ccc(=O)[nH]c1=O. The predicted octanol–water partition coefficient (Wildman–Crippen LogP) is 1.07. The molecule has 0 radical (unpaired) electrons. The molecule has 1 heterocycles. The van der Waals surface area contributed by atoms with Gasteiger partial charge in [0.25, 0.3) is 11.5 Å². The number of esters is 1. The van der Waals surface area contributed by atoms with Gasteiger partial charge in [0, 0.05) is 23.0 Å². The zero-order chi connectivity index (χ0) is 18.6. The van der Waals surface area contributed by atoms with Crippen molar-refractivity contribution in [2.45, 2.75) is 26.5 Å². The van der Waals surface area contributed by atoms with Crippen molar-refractivity contribution in [2.24, 2.45) is 0 Å². The summed E-state index contributed by atoms with van der Waals surface area (Å²) in [6.07, 6.45) is 0.0898. The molecule has 1 amide bonds. The standard InChI is InChI=1S/C16H16ClN3O5/c1-9-3-4-11(17)7-12(9)18-15(23)10(2)25-14(22)8-20-6-5-13(21)19-16(20)24/h3-7,10H,8H2,1-2H3,(H,18,23)(H,19,21,24)/t10-/m1/s1. The van der Waals surface area contributed by atoms with Crippen LogP contribution in [0.1, 0.15) is 12.5 Å². The van der Waals surface area contributed by atoms with E-state index in [1.165, 1.54) is 13.1 Å². The van der Waals surface area contributed by atoms with Gasteiger partial charge in [-0.1, -0.05) is 17.7 Å². The fourth-order valence-corrected chi connectivity index (χ4v) is 2.13. The van der Waals surface area contributed by atoms with Crippen molar-refractivity contribution in [3.8, 4) is 0 Å². The second-order valence-electron chi connectivity index (χ2n) is 5.32. The summed E-state index contributed by atoms with van der Waals surface area (Å²) in [5.41, 5.74) is 0.00341. The molecule has 0 unspecified atom stereocenters. The van der Waals surface area contributed by atoms with Crippen molar-refractivity contribution in [3.63, 3.8) is 0 Å². The number of hydrogen-bond donors (Lipinski definition) is 2. The van der Waals surface area contributed by atoms with Crippen LogP contribution in [0.5, 0.6) is 0 Å². The van der Waals surface area contributed by atoms with Crippen LogP contribution >= 0.6 is 11.6 Å². The number of H-pyrrole nitrogens is 1. The van der Waals surface area contributed by atoms with Gasteiger partial charge in [-0.25, -0.2) is 4.79 Å². The largest absolute Gasteiger partial charge is 0.451 e. The molecular weight excluding hydrogens is 350 g/mol. The molecule has 0 saturated heterocycles. The number of nitrogens with one attached hydrogen (secondary N) is 2. The van der Waals surface area contributed by atoms with Crippen LogP contribution in [0.15, 0.2) is 40.1 Å². The summed E-state index contributed by atoms with van der Waals surface area (Å²) in [6.45, 7) is 2.78. The summed E-state index contributed by atoms with van der Waals surface area (Å²) in [7, 11) is 0. The van der Waals surface area contributed by atoms with Crippen molar-refractivity contribution in [1.29, 1.82) is 0 Å². The number of amides is 1. The first kappa shape index (κ1) is 18.5. The van der Waals surface area contributed by atoms with Gasteiger partial charge in [-0.2, -0.15) is 0 Å². The average molecular weight is 366 g/mol. The first-order valence-electron chi connectivity index (χ1n) is 7.32. The lowest BCUT2D eigenvalue weighted by Crippen LogP contribution is -2.35. The van der Waals surface area contributed by atoms with Crippen LogP contribution in [0.25, 0.3) is 0 Å². The number of benzene rings is 1. The van der Waals surface area contributed by atoms with Crippen LogP contribution < -0.4 is 16.6 Å². The van der Waals surface area contributed by atoms with E-state index in [1.54, 1.807) is 25.1 Å². The molecule has 0 aliphatic carbocycles. The van der Waals surface area contributed by atoms with E-state index in [0.29, 0.717) is 10.7 Å². The summed E-state index contributed by atoms with van der Waals surface area (Å²) in [6, 6.07) is 6.13. The number of hydrogen-bond acceptors (Lipinski definition) is 5. The van der Waals surface area contributed by atoms with Gasteiger partial charge in [0.15, 0.2) is 6.10 Å². The van der Waals surface area contributed by atoms with E-state index in [0.717, 1.165) is 16.2 Å². The highest BCUT2D eigenvalue weighted by Crippen LogP contribution is 2.20. The molecule has 132 valence electrons. The Kier molecular flexibility index (Phi) is 5.76. The second kappa shape index (κ2) is 7.80. The Balaban J connectivity index is 1.98. The van der Waals surface area contributed by atoms with Gasteiger partial charge in [-0.05, 0) is 31.5 Å². The van der Waals surface area contributed by atoms with Gasteiger partial charge in [0.1, 0.15) is 6.54 Å². The Morgan fingerprint density at radius 1 is 1.32 bits per heavy atom. The van der Waals surface area contributed by atoms with Crippen molar-refractivity contribution in [2.75, 3.05) is 5.32 Å². The molecule has 2 aromatic rings. The maximum absolute atomic E-state index is 12.1. The summed E-state index contributed by atoms with van der Waals surface area (Å²) >= 11 is 5.89. The predicted molar refractivity (Wildman–Crippen MR) is 91.7 cm³/mol. The Hall–Kier alpha value is -2.87. The van der Waals surface area contributed by atoms with Gasteiger partial charge in [0.2, 0.25) is 0 Å². The maximum atomic E-state index is 12.1.